The molecular weight excluding hydrogens is 605 g/mol. The zero-order valence-corrected chi connectivity index (χ0v) is 24.4. The number of carbonyl (C=O) groups excluding carboxylic acids is 2. The minimum atomic E-state index is -4.74. The van der Waals surface area contributed by atoms with E-state index in [1.807, 2.05) is 0 Å². The number of rotatable bonds is 6. The molecule has 0 saturated carbocycles. The fourth-order valence-electron chi connectivity index (χ4n) is 6.25. The predicted molar refractivity (Wildman–Crippen MR) is 147 cm³/mol. The van der Waals surface area contributed by atoms with Crippen LogP contribution in [0.1, 0.15) is 67.1 Å². The molecule has 0 N–H and O–H groups in total. The molecule has 1 aromatic heterocycles. The number of piperidine rings is 1. The summed E-state index contributed by atoms with van der Waals surface area (Å²) in [5.74, 6) is -1.80. The van der Waals surface area contributed by atoms with Gasteiger partial charge in [-0.25, -0.2) is 4.68 Å². The van der Waals surface area contributed by atoms with E-state index in [9.17, 15) is 31.5 Å². The molecule has 0 spiro atoms. The van der Waals surface area contributed by atoms with Crippen molar-refractivity contribution in [3.63, 3.8) is 0 Å². The Morgan fingerprint density at radius 2 is 1.78 bits per heavy atom. The first-order valence-corrected chi connectivity index (χ1v) is 14.6. The Bertz CT molecular complexity index is 1620. The molecule has 45 heavy (non-hydrogen) atoms. The molecule has 240 valence electrons. The maximum Gasteiger partial charge on any atom is 0.586 e. The van der Waals surface area contributed by atoms with Crippen LogP contribution in [-0.2, 0) is 26.9 Å². The minimum absolute atomic E-state index is 0.00611. The van der Waals surface area contributed by atoms with Crippen molar-refractivity contribution in [1.82, 2.24) is 14.7 Å². The molecule has 2 aliphatic heterocycles. The van der Waals surface area contributed by atoms with Crippen molar-refractivity contribution < 1.29 is 50.5 Å². The normalized spacial score (nSPS) is 20.0. The van der Waals surface area contributed by atoms with Crippen molar-refractivity contribution in [3.05, 3.63) is 65.0 Å². The number of amides is 1. The molecule has 1 fully saturated rings. The molecule has 1 amide bonds. The first kappa shape index (κ1) is 30.7. The van der Waals surface area contributed by atoms with Gasteiger partial charge >= 0.3 is 18.4 Å². The summed E-state index contributed by atoms with van der Waals surface area (Å²) in [6, 6.07) is 10.5. The summed E-state index contributed by atoms with van der Waals surface area (Å²) in [7, 11) is 1.31. The number of esters is 1. The zero-order valence-electron chi connectivity index (χ0n) is 24.4. The topological polar surface area (TPSA) is 92.1 Å². The Hall–Kier alpha value is -4.36. The molecule has 1 aliphatic carbocycles. The van der Waals surface area contributed by atoms with Crippen LogP contribution in [0.5, 0.6) is 17.2 Å². The summed E-state index contributed by atoms with van der Waals surface area (Å²) in [4.78, 5) is 27.4. The Kier molecular flexibility index (Phi) is 7.86. The third-order valence-corrected chi connectivity index (χ3v) is 8.45. The summed E-state index contributed by atoms with van der Waals surface area (Å²) < 4.78 is 90.6. The average molecular weight is 636 g/mol. The minimum Gasteiger partial charge on any atom is -0.486 e. The number of hydrogen-bond donors (Lipinski definition) is 0. The average Bonchev–Trinajstić information content (AvgIpc) is 3.56. The molecule has 14 heteroatoms. The van der Waals surface area contributed by atoms with Crippen LogP contribution < -0.4 is 14.2 Å². The van der Waals surface area contributed by atoms with Crippen molar-refractivity contribution >= 4 is 11.9 Å². The Labute approximate surface area is 254 Å². The molecule has 2 atom stereocenters. The van der Waals surface area contributed by atoms with Crippen molar-refractivity contribution in [1.29, 1.82) is 0 Å². The highest BCUT2D eigenvalue weighted by molar-refractivity contribution is 5.85. The van der Waals surface area contributed by atoms with Crippen LogP contribution in [0.15, 0.2) is 42.5 Å². The molecule has 3 aromatic rings. The van der Waals surface area contributed by atoms with Crippen LogP contribution in [0, 0.1) is 5.92 Å². The standard InChI is InChI=1S/C31H30F5N3O6/c1-17(19-9-10-24-25(15-19)45-31(35,36)44-24)43-21-6-3-5-20(16-21)39-26-22(27(37-39)30(32,33)34)7-4-8-23(26)28(40)38-13-11-18(12-14-38)29(41)42-2/h3,5-6,9-10,15-18,23H,4,7-8,11-14H2,1-2H3/t17-,23+/m0/s1. The third-order valence-electron chi connectivity index (χ3n) is 8.45. The van der Waals surface area contributed by atoms with Crippen LogP contribution in [0.3, 0.4) is 0 Å². The smallest absolute Gasteiger partial charge is 0.486 e. The highest BCUT2D eigenvalue weighted by atomic mass is 19.4. The van der Waals surface area contributed by atoms with Gasteiger partial charge in [-0.1, -0.05) is 12.1 Å². The molecule has 0 unspecified atom stereocenters. The number of likely N-dealkylation sites (tertiary alicyclic amines) is 1. The molecule has 1 saturated heterocycles. The van der Waals surface area contributed by atoms with Crippen molar-refractivity contribution in [2.75, 3.05) is 20.2 Å². The van der Waals surface area contributed by atoms with E-state index in [2.05, 4.69) is 14.6 Å². The van der Waals surface area contributed by atoms with E-state index in [0.29, 0.717) is 44.3 Å². The van der Waals surface area contributed by atoms with E-state index in [1.54, 1.807) is 36.1 Å². The monoisotopic (exact) mass is 635 g/mol. The van der Waals surface area contributed by atoms with Gasteiger partial charge in [-0.2, -0.15) is 18.3 Å². The van der Waals surface area contributed by atoms with E-state index in [1.165, 1.54) is 30.0 Å². The number of nitrogens with zero attached hydrogens (tertiary/aromatic N) is 3. The fraction of sp³-hybridized carbons (Fsp3) is 0.452. The zero-order chi connectivity index (χ0) is 32.1. The number of alkyl halides is 5. The maximum absolute atomic E-state index is 14.2. The lowest BCUT2D eigenvalue weighted by Crippen LogP contribution is -2.43. The fourth-order valence-corrected chi connectivity index (χ4v) is 6.25. The number of halogens is 5. The lowest BCUT2D eigenvalue weighted by atomic mass is 9.84. The van der Waals surface area contributed by atoms with Gasteiger partial charge in [-0.3, -0.25) is 9.59 Å². The first-order valence-electron chi connectivity index (χ1n) is 14.6. The number of fused-ring (bicyclic) bond motifs is 2. The molecule has 6 rings (SSSR count). The molecule has 2 aromatic carbocycles. The number of methoxy groups -OCH3 is 1. The highest BCUT2D eigenvalue weighted by Gasteiger charge is 2.45. The lowest BCUT2D eigenvalue weighted by molar-refractivity contribution is -0.286. The Morgan fingerprint density at radius 1 is 1.04 bits per heavy atom. The number of ether oxygens (including phenoxy) is 4. The lowest BCUT2D eigenvalue weighted by Gasteiger charge is -2.34. The Morgan fingerprint density at radius 3 is 2.49 bits per heavy atom. The second-order valence-corrected chi connectivity index (χ2v) is 11.3. The van der Waals surface area contributed by atoms with Crippen LogP contribution in [0.4, 0.5) is 22.0 Å². The van der Waals surface area contributed by atoms with E-state index < -0.39 is 30.2 Å². The molecule has 0 bridgehead atoms. The molecule has 0 radical (unpaired) electrons. The van der Waals surface area contributed by atoms with Crippen molar-refractivity contribution in [2.45, 2.75) is 63.5 Å². The van der Waals surface area contributed by atoms with Gasteiger partial charge in [0.2, 0.25) is 5.91 Å². The second-order valence-electron chi connectivity index (χ2n) is 11.3. The molecule has 9 nitrogen and oxygen atoms in total. The second kappa shape index (κ2) is 11.5. The van der Waals surface area contributed by atoms with Crippen LogP contribution in [-0.4, -0.2) is 53.1 Å². The Balaban J connectivity index is 1.29. The van der Waals surface area contributed by atoms with E-state index in [4.69, 9.17) is 9.47 Å². The summed E-state index contributed by atoms with van der Waals surface area (Å²) >= 11 is 0. The van der Waals surface area contributed by atoms with Crippen molar-refractivity contribution in [3.8, 4) is 22.9 Å². The number of carbonyl (C=O) groups is 2. The first-order chi connectivity index (χ1) is 21.3. The molecular formula is C31H30F5N3O6. The van der Waals surface area contributed by atoms with Gasteiger partial charge in [-0.05, 0) is 68.9 Å². The van der Waals surface area contributed by atoms with Gasteiger partial charge in [-0.15, -0.1) is 8.78 Å². The van der Waals surface area contributed by atoms with Gasteiger partial charge in [0.1, 0.15) is 11.9 Å². The van der Waals surface area contributed by atoms with E-state index in [0.717, 1.165) is 0 Å². The van der Waals surface area contributed by atoms with Gasteiger partial charge in [0.25, 0.3) is 0 Å². The number of hydrogen-bond acceptors (Lipinski definition) is 7. The van der Waals surface area contributed by atoms with Gasteiger partial charge < -0.3 is 23.8 Å². The van der Waals surface area contributed by atoms with Crippen molar-refractivity contribution in [2.24, 2.45) is 5.92 Å². The summed E-state index contributed by atoms with van der Waals surface area (Å²) in [5.41, 5.74) is -0.0843. The molecule has 3 heterocycles. The summed E-state index contributed by atoms with van der Waals surface area (Å²) in [5, 5.41) is 3.99. The SMILES string of the molecule is COC(=O)C1CCN(C(=O)[C@@H]2CCCc3c(C(F)(F)F)nn(-c4cccc(O[C@@H](C)c5ccc6c(c5)OC(F)(F)O6)c4)c32)CC1. The largest absolute Gasteiger partial charge is 0.586 e. The van der Waals surface area contributed by atoms with Gasteiger partial charge in [0.05, 0.1) is 30.3 Å². The van der Waals surface area contributed by atoms with Gasteiger partial charge in [0.15, 0.2) is 17.2 Å². The highest BCUT2D eigenvalue weighted by Crippen LogP contribution is 2.44. The van der Waals surface area contributed by atoms with Gasteiger partial charge in [0, 0.05) is 24.7 Å². The van der Waals surface area contributed by atoms with Crippen LogP contribution >= 0.6 is 0 Å². The summed E-state index contributed by atoms with van der Waals surface area (Å²) in [6.07, 6.45) is -7.49. The molecule has 3 aliphatic rings. The maximum atomic E-state index is 14.2. The predicted octanol–water partition coefficient (Wildman–Crippen LogP) is 6.18. The number of aromatic nitrogens is 2. The quantitative estimate of drug-likeness (QED) is 0.236. The summed E-state index contributed by atoms with van der Waals surface area (Å²) in [6.45, 7) is 2.27. The number of benzene rings is 2. The van der Waals surface area contributed by atoms with E-state index >= 15 is 0 Å². The van der Waals surface area contributed by atoms with Crippen LogP contribution in [0.25, 0.3) is 5.69 Å². The third kappa shape index (κ3) is 6.01. The van der Waals surface area contributed by atoms with E-state index in [-0.39, 0.29) is 58.4 Å². The van der Waals surface area contributed by atoms with Crippen LogP contribution in [0.2, 0.25) is 0 Å².